The first kappa shape index (κ1) is 23.6. The summed E-state index contributed by atoms with van der Waals surface area (Å²) >= 11 is 0. The minimum absolute atomic E-state index is 0.153. The Bertz CT molecular complexity index is 772. The van der Waals surface area contributed by atoms with E-state index >= 15 is 0 Å². The van der Waals surface area contributed by atoms with Gasteiger partial charge in [0, 0.05) is 19.1 Å². The van der Waals surface area contributed by atoms with Crippen molar-refractivity contribution in [3.05, 3.63) is 18.2 Å². The fourth-order valence-electron chi connectivity index (χ4n) is 3.83. The van der Waals surface area contributed by atoms with E-state index < -0.39 is 10.0 Å². The molecule has 0 spiro atoms. The van der Waals surface area contributed by atoms with Gasteiger partial charge in [-0.2, -0.15) is 4.31 Å². The van der Waals surface area contributed by atoms with Crippen molar-refractivity contribution in [1.29, 1.82) is 0 Å². The lowest BCUT2D eigenvalue weighted by molar-refractivity contribution is -0.117. The van der Waals surface area contributed by atoms with Gasteiger partial charge in [0.25, 0.3) is 0 Å². The first-order valence-corrected chi connectivity index (χ1v) is 12.0. The van der Waals surface area contributed by atoms with Crippen LogP contribution >= 0.6 is 0 Å². The van der Waals surface area contributed by atoms with Gasteiger partial charge < -0.3 is 10.1 Å². The molecule has 0 aromatic heterocycles. The van der Waals surface area contributed by atoms with Crippen molar-refractivity contribution < 1.29 is 17.9 Å². The summed E-state index contributed by atoms with van der Waals surface area (Å²) in [6.45, 7) is 6.93. The molecule has 29 heavy (non-hydrogen) atoms. The van der Waals surface area contributed by atoms with Crippen molar-refractivity contribution in [3.63, 3.8) is 0 Å². The number of hydrogen-bond acceptors (Lipinski definition) is 5. The SMILES string of the molecule is CCOc1ccc(S(=O)(=O)N(CC)CC)cc1NC(=O)CN(C)C1CCCCC1. The van der Waals surface area contributed by atoms with Crippen LogP contribution in [0.3, 0.4) is 0 Å². The average Bonchev–Trinajstić information content (AvgIpc) is 2.70. The maximum atomic E-state index is 12.9. The molecule has 0 atom stereocenters. The van der Waals surface area contributed by atoms with E-state index in [1.807, 2.05) is 14.0 Å². The third-order valence-electron chi connectivity index (χ3n) is 5.46. The number of rotatable bonds is 10. The van der Waals surface area contributed by atoms with Gasteiger partial charge in [-0.1, -0.05) is 33.1 Å². The van der Waals surface area contributed by atoms with Crippen LogP contribution in [0.15, 0.2) is 23.1 Å². The Morgan fingerprint density at radius 3 is 2.38 bits per heavy atom. The van der Waals surface area contributed by atoms with Crippen LogP contribution in [0.4, 0.5) is 5.69 Å². The molecule has 1 fully saturated rings. The van der Waals surface area contributed by atoms with Gasteiger partial charge in [0.15, 0.2) is 0 Å². The van der Waals surface area contributed by atoms with Gasteiger partial charge in [0.2, 0.25) is 15.9 Å². The summed E-state index contributed by atoms with van der Waals surface area (Å²) in [4.78, 5) is 14.9. The zero-order chi connectivity index (χ0) is 21.4. The third-order valence-corrected chi connectivity index (χ3v) is 7.51. The van der Waals surface area contributed by atoms with E-state index in [1.54, 1.807) is 19.9 Å². The molecule has 1 saturated carbocycles. The molecule has 2 rings (SSSR count). The molecular weight excluding hydrogens is 390 g/mol. The minimum Gasteiger partial charge on any atom is -0.492 e. The van der Waals surface area contributed by atoms with Crippen molar-refractivity contribution in [1.82, 2.24) is 9.21 Å². The molecule has 0 bridgehead atoms. The highest BCUT2D eigenvalue weighted by Gasteiger charge is 2.24. The topological polar surface area (TPSA) is 79.0 Å². The summed E-state index contributed by atoms with van der Waals surface area (Å²) in [5.74, 6) is 0.302. The van der Waals surface area contributed by atoms with E-state index in [0.29, 0.717) is 37.2 Å². The molecule has 1 amide bonds. The molecule has 0 saturated heterocycles. The predicted molar refractivity (Wildman–Crippen MR) is 116 cm³/mol. The van der Waals surface area contributed by atoms with E-state index in [1.165, 1.54) is 35.7 Å². The van der Waals surface area contributed by atoms with Crippen LogP contribution in [0, 0.1) is 0 Å². The summed E-state index contributed by atoms with van der Waals surface area (Å²) in [5.41, 5.74) is 0.391. The number of carbonyl (C=O) groups excluding carboxylic acids is 1. The highest BCUT2D eigenvalue weighted by Crippen LogP contribution is 2.29. The fourth-order valence-corrected chi connectivity index (χ4v) is 5.31. The Morgan fingerprint density at radius 1 is 1.14 bits per heavy atom. The molecule has 1 aliphatic rings. The summed E-state index contributed by atoms with van der Waals surface area (Å²) < 4.78 is 32.7. The van der Waals surface area contributed by atoms with Gasteiger partial charge in [-0.3, -0.25) is 9.69 Å². The van der Waals surface area contributed by atoms with Crippen LogP contribution in [-0.2, 0) is 14.8 Å². The molecule has 1 aromatic rings. The van der Waals surface area contributed by atoms with Gasteiger partial charge >= 0.3 is 0 Å². The molecule has 1 aliphatic carbocycles. The summed E-state index contributed by atoms with van der Waals surface area (Å²) in [7, 11) is -1.64. The van der Waals surface area contributed by atoms with Crippen LogP contribution in [0.5, 0.6) is 5.75 Å². The molecule has 1 aromatic carbocycles. The van der Waals surface area contributed by atoms with E-state index in [2.05, 4.69) is 10.2 Å². The molecule has 8 heteroatoms. The Hall–Kier alpha value is -1.64. The second-order valence-corrected chi connectivity index (χ2v) is 9.37. The highest BCUT2D eigenvalue weighted by molar-refractivity contribution is 7.89. The van der Waals surface area contributed by atoms with Crippen LogP contribution in [0.2, 0.25) is 0 Å². The number of nitrogens with one attached hydrogen (secondary N) is 1. The second-order valence-electron chi connectivity index (χ2n) is 7.44. The molecule has 7 nitrogen and oxygen atoms in total. The van der Waals surface area contributed by atoms with Crippen molar-refractivity contribution in [3.8, 4) is 5.75 Å². The number of hydrogen-bond donors (Lipinski definition) is 1. The molecule has 1 N–H and O–H groups in total. The molecule has 0 unspecified atom stereocenters. The number of benzene rings is 1. The zero-order valence-corrected chi connectivity index (χ0v) is 18.9. The maximum Gasteiger partial charge on any atom is 0.243 e. The first-order chi connectivity index (χ1) is 13.8. The van der Waals surface area contributed by atoms with Crippen molar-refractivity contribution >= 4 is 21.6 Å². The monoisotopic (exact) mass is 425 g/mol. The number of amides is 1. The standard InChI is InChI=1S/C21H35N3O4S/c1-5-24(6-2)29(26,27)18-13-14-20(28-7-3)19(15-18)22-21(25)16-23(4)17-11-9-8-10-12-17/h13-15,17H,5-12,16H2,1-4H3,(H,22,25). The van der Waals surface area contributed by atoms with Crippen LogP contribution < -0.4 is 10.1 Å². The van der Waals surface area contributed by atoms with Gasteiger partial charge in [0.05, 0.1) is 23.7 Å². The van der Waals surface area contributed by atoms with Gasteiger partial charge in [-0.05, 0) is 45.0 Å². The average molecular weight is 426 g/mol. The Balaban J connectivity index is 2.19. The van der Waals surface area contributed by atoms with Gasteiger partial charge in [-0.25, -0.2) is 8.42 Å². The molecule has 0 heterocycles. The molecule has 0 radical (unpaired) electrons. The largest absolute Gasteiger partial charge is 0.492 e. The second kappa shape index (κ2) is 10.9. The van der Waals surface area contributed by atoms with E-state index in [0.717, 1.165) is 12.8 Å². The van der Waals surface area contributed by atoms with Gasteiger partial charge in [0.1, 0.15) is 5.75 Å². The Morgan fingerprint density at radius 2 is 1.79 bits per heavy atom. The number of sulfonamides is 1. The fraction of sp³-hybridized carbons (Fsp3) is 0.667. The van der Waals surface area contributed by atoms with E-state index in [4.69, 9.17) is 4.74 Å². The first-order valence-electron chi connectivity index (χ1n) is 10.6. The molecule has 164 valence electrons. The summed E-state index contributed by atoms with van der Waals surface area (Å²) in [5, 5.41) is 2.86. The number of nitrogens with zero attached hydrogens (tertiary/aromatic N) is 2. The number of carbonyl (C=O) groups is 1. The van der Waals surface area contributed by atoms with Crippen LogP contribution in [-0.4, -0.2) is 62.9 Å². The van der Waals surface area contributed by atoms with Gasteiger partial charge in [-0.15, -0.1) is 0 Å². The van der Waals surface area contributed by atoms with E-state index in [9.17, 15) is 13.2 Å². The third kappa shape index (κ3) is 6.17. The predicted octanol–water partition coefficient (Wildman–Crippen LogP) is 3.32. The maximum absolute atomic E-state index is 12.9. The molecular formula is C21H35N3O4S. The highest BCUT2D eigenvalue weighted by atomic mass is 32.2. The number of likely N-dealkylation sites (N-methyl/N-ethyl adjacent to an activating group) is 1. The van der Waals surface area contributed by atoms with Crippen molar-refractivity contribution in [2.24, 2.45) is 0 Å². The lowest BCUT2D eigenvalue weighted by atomic mass is 9.94. The van der Waals surface area contributed by atoms with Crippen molar-refractivity contribution in [2.45, 2.75) is 63.8 Å². The summed E-state index contributed by atoms with van der Waals surface area (Å²) in [6, 6.07) is 5.06. The lowest BCUT2D eigenvalue weighted by Gasteiger charge is -2.30. The number of ether oxygens (including phenoxy) is 1. The normalized spacial score (nSPS) is 15.7. The Labute approximate surface area is 175 Å². The quantitative estimate of drug-likeness (QED) is 0.622. The summed E-state index contributed by atoms with van der Waals surface area (Å²) in [6.07, 6.45) is 5.91. The minimum atomic E-state index is -3.62. The Kier molecular flexibility index (Phi) is 8.92. The van der Waals surface area contributed by atoms with Crippen LogP contribution in [0.1, 0.15) is 52.9 Å². The molecule has 0 aliphatic heterocycles. The van der Waals surface area contributed by atoms with E-state index in [-0.39, 0.29) is 17.3 Å². The zero-order valence-electron chi connectivity index (χ0n) is 18.1. The lowest BCUT2D eigenvalue weighted by Crippen LogP contribution is -2.39. The van der Waals surface area contributed by atoms with Crippen LogP contribution in [0.25, 0.3) is 0 Å². The van der Waals surface area contributed by atoms with Crippen molar-refractivity contribution in [2.75, 3.05) is 38.6 Å². The number of anilines is 1. The smallest absolute Gasteiger partial charge is 0.243 e.